The van der Waals surface area contributed by atoms with Gasteiger partial charge in [0.1, 0.15) is 0 Å². The summed E-state index contributed by atoms with van der Waals surface area (Å²) in [6.45, 7) is 1.66. The van der Waals surface area contributed by atoms with Crippen LogP contribution in [0.3, 0.4) is 0 Å². The lowest BCUT2D eigenvalue weighted by Gasteiger charge is -2.14. The van der Waals surface area contributed by atoms with Crippen molar-refractivity contribution in [3.8, 4) is 0 Å². The van der Waals surface area contributed by atoms with Crippen LogP contribution in [0.5, 0.6) is 0 Å². The molecule has 3 rings (SSSR count). The van der Waals surface area contributed by atoms with Gasteiger partial charge in [-0.15, -0.1) is 0 Å². The molecule has 19 heavy (non-hydrogen) atoms. The monoisotopic (exact) mass is 256 g/mol. The summed E-state index contributed by atoms with van der Waals surface area (Å²) in [7, 11) is 0. The van der Waals surface area contributed by atoms with Gasteiger partial charge in [-0.1, -0.05) is 30.7 Å². The van der Waals surface area contributed by atoms with Crippen LogP contribution < -0.4 is 5.32 Å². The molecule has 2 aromatic rings. The minimum Gasteiger partial charge on any atom is -0.393 e. The largest absolute Gasteiger partial charge is 0.393 e. The summed E-state index contributed by atoms with van der Waals surface area (Å²) >= 11 is 0. The van der Waals surface area contributed by atoms with E-state index in [-0.39, 0.29) is 6.10 Å². The van der Waals surface area contributed by atoms with E-state index in [9.17, 15) is 5.11 Å². The minimum atomic E-state index is -0.114. The molecule has 1 heterocycles. The van der Waals surface area contributed by atoms with Crippen molar-refractivity contribution in [3.05, 3.63) is 42.1 Å². The highest BCUT2D eigenvalue weighted by Crippen LogP contribution is 2.24. The fraction of sp³-hybridized carbons (Fsp3) is 0.438. The predicted molar refractivity (Wildman–Crippen MR) is 76.8 cm³/mol. The summed E-state index contributed by atoms with van der Waals surface area (Å²) in [5.74, 6) is 0.417. The first-order chi connectivity index (χ1) is 9.33. The molecule has 100 valence electrons. The normalized spacial score (nSPS) is 23.0. The number of nitrogens with zero attached hydrogens (tertiary/aromatic N) is 1. The van der Waals surface area contributed by atoms with Crippen LogP contribution in [0.25, 0.3) is 10.9 Å². The van der Waals surface area contributed by atoms with Gasteiger partial charge in [0.2, 0.25) is 0 Å². The molecule has 3 heteroatoms. The Morgan fingerprint density at radius 2 is 2.05 bits per heavy atom. The lowest BCUT2D eigenvalue weighted by molar-refractivity contribution is 0.131. The number of hydrogen-bond donors (Lipinski definition) is 2. The summed E-state index contributed by atoms with van der Waals surface area (Å²) in [5, 5.41) is 14.4. The number of nitrogens with one attached hydrogen (secondary N) is 1. The summed E-state index contributed by atoms with van der Waals surface area (Å²) < 4.78 is 0. The lowest BCUT2D eigenvalue weighted by atomic mass is 10.1. The number of para-hydroxylation sites is 1. The Hall–Kier alpha value is -1.45. The molecular weight excluding hydrogens is 236 g/mol. The summed E-state index contributed by atoms with van der Waals surface area (Å²) in [4.78, 5) is 4.63. The topological polar surface area (TPSA) is 45.1 Å². The quantitative estimate of drug-likeness (QED) is 0.883. The Kier molecular flexibility index (Phi) is 3.76. The maximum Gasteiger partial charge on any atom is 0.0705 e. The van der Waals surface area contributed by atoms with Crippen molar-refractivity contribution < 1.29 is 5.11 Å². The van der Waals surface area contributed by atoms with Crippen molar-refractivity contribution in [1.82, 2.24) is 10.3 Å². The maximum atomic E-state index is 9.77. The molecule has 1 aromatic carbocycles. The van der Waals surface area contributed by atoms with Crippen LogP contribution in [0.4, 0.5) is 0 Å². The van der Waals surface area contributed by atoms with Crippen LogP contribution in [0.1, 0.15) is 25.0 Å². The molecular formula is C16H20N2O. The van der Waals surface area contributed by atoms with Gasteiger partial charge in [0, 0.05) is 18.5 Å². The second kappa shape index (κ2) is 5.68. The zero-order valence-electron chi connectivity index (χ0n) is 11.0. The van der Waals surface area contributed by atoms with Crippen LogP contribution in [-0.2, 0) is 6.54 Å². The number of aliphatic hydroxyl groups is 1. The van der Waals surface area contributed by atoms with Gasteiger partial charge in [0.25, 0.3) is 0 Å². The van der Waals surface area contributed by atoms with Crippen molar-refractivity contribution >= 4 is 10.9 Å². The van der Waals surface area contributed by atoms with Gasteiger partial charge in [0.15, 0.2) is 0 Å². The van der Waals surface area contributed by atoms with Crippen molar-refractivity contribution in [1.29, 1.82) is 0 Å². The molecule has 1 aliphatic rings. The van der Waals surface area contributed by atoms with E-state index in [1.807, 2.05) is 18.2 Å². The molecule has 1 fully saturated rings. The van der Waals surface area contributed by atoms with Crippen molar-refractivity contribution in [2.24, 2.45) is 5.92 Å². The highest BCUT2D eigenvalue weighted by atomic mass is 16.3. The van der Waals surface area contributed by atoms with E-state index in [2.05, 4.69) is 28.5 Å². The standard InChI is InChI=1S/C16H20N2O/c19-16-7-3-5-13(16)10-17-11-14-9-8-12-4-1-2-6-15(12)18-14/h1-2,4,6,8-9,13,16-17,19H,3,5,7,10-11H2. The number of hydrogen-bond acceptors (Lipinski definition) is 3. The first kappa shape index (κ1) is 12.6. The summed E-state index contributed by atoms with van der Waals surface area (Å²) in [6, 6.07) is 12.4. The molecule has 0 amide bonds. The van der Waals surface area contributed by atoms with Crippen molar-refractivity contribution in [2.45, 2.75) is 31.9 Å². The van der Waals surface area contributed by atoms with Gasteiger partial charge in [-0.3, -0.25) is 4.98 Å². The van der Waals surface area contributed by atoms with E-state index in [1.54, 1.807) is 0 Å². The average Bonchev–Trinajstić information content (AvgIpc) is 2.84. The summed E-state index contributed by atoms with van der Waals surface area (Å²) in [5.41, 5.74) is 2.11. The second-order valence-corrected chi connectivity index (χ2v) is 5.38. The second-order valence-electron chi connectivity index (χ2n) is 5.38. The van der Waals surface area contributed by atoms with E-state index in [4.69, 9.17) is 0 Å². The molecule has 1 saturated carbocycles. The zero-order valence-corrected chi connectivity index (χ0v) is 11.0. The Morgan fingerprint density at radius 1 is 1.16 bits per heavy atom. The molecule has 2 unspecified atom stereocenters. The average molecular weight is 256 g/mol. The molecule has 0 spiro atoms. The molecule has 1 aliphatic carbocycles. The van der Waals surface area contributed by atoms with Crippen LogP contribution in [0.2, 0.25) is 0 Å². The van der Waals surface area contributed by atoms with E-state index < -0.39 is 0 Å². The maximum absolute atomic E-state index is 9.77. The SMILES string of the molecule is OC1CCCC1CNCc1ccc2ccccc2n1. The first-order valence-corrected chi connectivity index (χ1v) is 7.06. The Balaban J connectivity index is 1.59. The third-order valence-corrected chi connectivity index (χ3v) is 3.99. The molecule has 0 radical (unpaired) electrons. The number of fused-ring (bicyclic) bond motifs is 1. The highest BCUT2D eigenvalue weighted by Gasteiger charge is 2.24. The minimum absolute atomic E-state index is 0.114. The van der Waals surface area contributed by atoms with Crippen LogP contribution in [-0.4, -0.2) is 22.7 Å². The summed E-state index contributed by atoms with van der Waals surface area (Å²) in [6.07, 6.45) is 3.14. The van der Waals surface area contributed by atoms with Crippen LogP contribution in [0, 0.1) is 5.92 Å². The number of pyridine rings is 1. The van der Waals surface area contributed by atoms with Crippen molar-refractivity contribution in [2.75, 3.05) is 6.54 Å². The molecule has 1 aromatic heterocycles. The van der Waals surface area contributed by atoms with E-state index in [0.29, 0.717) is 5.92 Å². The molecule has 3 nitrogen and oxygen atoms in total. The fourth-order valence-electron chi connectivity index (χ4n) is 2.85. The zero-order chi connectivity index (χ0) is 13.1. The molecule has 2 N–H and O–H groups in total. The van der Waals surface area contributed by atoms with Gasteiger partial charge in [-0.25, -0.2) is 0 Å². The molecule has 0 aliphatic heterocycles. The smallest absolute Gasteiger partial charge is 0.0705 e. The van der Waals surface area contributed by atoms with Gasteiger partial charge < -0.3 is 10.4 Å². The lowest BCUT2D eigenvalue weighted by Crippen LogP contribution is -2.27. The third-order valence-electron chi connectivity index (χ3n) is 3.99. The number of rotatable bonds is 4. The fourth-order valence-corrected chi connectivity index (χ4v) is 2.85. The Bertz CT molecular complexity index is 555. The molecule has 2 atom stereocenters. The van der Waals surface area contributed by atoms with Gasteiger partial charge in [0.05, 0.1) is 17.3 Å². The van der Waals surface area contributed by atoms with Crippen LogP contribution in [0.15, 0.2) is 36.4 Å². The van der Waals surface area contributed by atoms with E-state index >= 15 is 0 Å². The first-order valence-electron chi connectivity index (χ1n) is 7.06. The van der Waals surface area contributed by atoms with E-state index in [0.717, 1.165) is 43.6 Å². The third kappa shape index (κ3) is 2.94. The molecule has 0 bridgehead atoms. The number of aliphatic hydroxyl groups excluding tert-OH is 1. The van der Waals surface area contributed by atoms with Gasteiger partial charge in [-0.05, 0) is 30.9 Å². The van der Waals surface area contributed by atoms with Crippen LogP contribution >= 0.6 is 0 Å². The Morgan fingerprint density at radius 3 is 2.89 bits per heavy atom. The van der Waals surface area contributed by atoms with E-state index in [1.165, 1.54) is 5.39 Å². The van der Waals surface area contributed by atoms with Gasteiger partial charge in [-0.2, -0.15) is 0 Å². The number of benzene rings is 1. The Labute approximate surface area is 113 Å². The number of aromatic nitrogens is 1. The predicted octanol–water partition coefficient (Wildman–Crippen LogP) is 2.49. The van der Waals surface area contributed by atoms with Gasteiger partial charge >= 0.3 is 0 Å². The highest BCUT2D eigenvalue weighted by molar-refractivity contribution is 5.78. The molecule has 0 saturated heterocycles. The van der Waals surface area contributed by atoms with Crippen molar-refractivity contribution in [3.63, 3.8) is 0 Å².